The number of anilines is 1. The molecule has 1 amide bonds. The van der Waals surface area contributed by atoms with Crippen molar-refractivity contribution in [2.45, 2.75) is 32.2 Å². The number of methoxy groups -OCH3 is 2. The van der Waals surface area contributed by atoms with Gasteiger partial charge in [-0.25, -0.2) is 0 Å². The molecule has 2 N–H and O–H groups in total. The van der Waals surface area contributed by atoms with Gasteiger partial charge < -0.3 is 20.1 Å². The molecule has 5 nitrogen and oxygen atoms in total. The Bertz CT molecular complexity index is 793. The topological polar surface area (TPSA) is 59.6 Å². The molecule has 0 spiro atoms. The maximum absolute atomic E-state index is 12.7. The van der Waals surface area contributed by atoms with E-state index in [4.69, 9.17) is 9.47 Å². The van der Waals surface area contributed by atoms with Gasteiger partial charge in [0.15, 0.2) is 0 Å². The zero-order valence-electron chi connectivity index (χ0n) is 15.6. The van der Waals surface area contributed by atoms with Crippen LogP contribution < -0.4 is 15.4 Å². The molecule has 1 unspecified atom stereocenters. The van der Waals surface area contributed by atoms with Crippen LogP contribution in [0.15, 0.2) is 47.8 Å². The molecular weight excluding hydrogens is 328 g/mol. The number of nitrogens with one attached hydrogen (secondary N) is 2. The molecule has 0 radical (unpaired) electrons. The molecule has 1 atom stereocenters. The van der Waals surface area contributed by atoms with E-state index in [-0.39, 0.29) is 11.9 Å². The van der Waals surface area contributed by atoms with Gasteiger partial charge >= 0.3 is 0 Å². The fourth-order valence-electron chi connectivity index (χ4n) is 3.42. The van der Waals surface area contributed by atoms with E-state index in [2.05, 4.69) is 23.3 Å². The second kappa shape index (κ2) is 7.68. The fraction of sp³-hybridized carbons (Fsp3) is 0.381. The van der Waals surface area contributed by atoms with Crippen LogP contribution in [0.5, 0.6) is 5.75 Å². The van der Waals surface area contributed by atoms with Crippen molar-refractivity contribution in [2.24, 2.45) is 0 Å². The number of amides is 1. The summed E-state index contributed by atoms with van der Waals surface area (Å²) in [6.07, 6.45) is 6.59. The van der Waals surface area contributed by atoms with Crippen molar-refractivity contribution in [1.82, 2.24) is 5.32 Å². The summed E-state index contributed by atoms with van der Waals surface area (Å²) < 4.78 is 10.6. The van der Waals surface area contributed by atoms with Crippen molar-refractivity contribution < 1.29 is 14.3 Å². The Morgan fingerprint density at radius 3 is 2.69 bits per heavy atom. The first-order valence-corrected chi connectivity index (χ1v) is 8.87. The number of hydrogen-bond acceptors (Lipinski definition) is 4. The molecule has 1 aliphatic heterocycles. The molecule has 0 saturated carbocycles. The third kappa shape index (κ3) is 3.77. The third-order valence-corrected chi connectivity index (χ3v) is 4.97. The second-order valence-corrected chi connectivity index (χ2v) is 6.76. The van der Waals surface area contributed by atoms with Gasteiger partial charge in [-0.15, -0.1) is 0 Å². The SMILES string of the molecule is C=C(CC1CNc2cc(C)c(OC)cc2C(=O)N1)C1=CC=C(OC)CC1. The van der Waals surface area contributed by atoms with Crippen LogP contribution in [0.2, 0.25) is 0 Å². The van der Waals surface area contributed by atoms with E-state index < -0.39 is 0 Å². The standard InChI is InChI=1S/C21H26N2O3/c1-13(15-5-7-17(25-3)8-6-15)9-16-12-22-19-10-14(2)20(26-4)11-18(19)21(24)23-16/h5,7,10-11,16,22H,1,6,8-9,12H2,2-4H3,(H,23,24). The molecule has 0 fully saturated rings. The lowest BCUT2D eigenvalue weighted by Gasteiger charge is -2.21. The third-order valence-electron chi connectivity index (χ3n) is 4.97. The molecule has 3 rings (SSSR count). The summed E-state index contributed by atoms with van der Waals surface area (Å²) in [7, 11) is 3.31. The maximum atomic E-state index is 12.7. The number of benzene rings is 1. The Kier molecular flexibility index (Phi) is 5.35. The summed E-state index contributed by atoms with van der Waals surface area (Å²) in [6, 6.07) is 3.75. The van der Waals surface area contributed by atoms with Gasteiger partial charge in [-0.1, -0.05) is 12.7 Å². The Hall–Kier alpha value is -2.69. The lowest BCUT2D eigenvalue weighted by atomic mass is 9.93. The van der Waals surface area contributed by atoms with Gasteiger partial charge in [-0.2, -0.15) is 0 Å². The van der Waals surface area contributed by atoms with E-state index in [0.717, 1.165) is 41.2 Å². The summed E-state index contributed by atoms with van der Waals surface area (Å²) in [5, 5.41) is 6.50. The molecule has 138 valence electrons. The number of fused-ring (bicyclic) bond motifs is 1. The maximum Gasteiger partial charge on any atom is 0.253 e. The molecule has 1 aromatic carbocycles. The summed E-state index contributed by atoms with van der Waals surface area (Å²) in [5.41, 5.74) is 4.74. The number of ether oxygens (including phenoxy) is 2. The number of hydrogen-bond donors (Lipinski definition) is 2. The Morgan fingerprint density at radius 1 is 1.23 bits per heavy atom. The van der Waals surface area contributed by atoms with Crippen molar-refractivity contribution in [3.8, 4) is 5.75 Å². The molecule has 0 bridgehead atoms. The van der Waals surface area contributed by atoms with E-state index in [9.17, 15) is 4.79 Å². The number of carbonyl (C=O) groups is 1. The van der Waals surface area contributed by atoms with E-state index in [1.807, 2.05) is 19.1 Å². The number of allylic oxidation sites excluding steroid dienone is 4. The highest BCUT2D eigenvalue weighted by Gasteiger charge is 2.24. The smallest absolute Gasteiger partial charge is 0.253 e. The van der Waals surface area contributed by atoms with Gasteiger partial charge in [0.25, 0.3) is 5.91 Å². The molecule has 0 aromatic heterocycles. The first-order valence-electron chi connectivity index (χ1n) is 8.87. The summed E-state index contributed by atoms with van der Waals surface area (Å²) in [4.78, 5) is 12.7. The number of rotatable bonds is 5. The largest absolute Gasteiger partial charge is 0.501 e. The highest BCUT2D eigenvalue weighted by atomic mass is 16.5. The minimum Gasteiger partial charge on any atom is -0.501 e. The predicted octanol–water partition coefficient (Wildman–Crippen LogP) is 3.72. The van der Waals surface area contributed by atoms with Gasteiger partial charge in [0.05, 0.1) is 31.6 Å². The molecule has 1 heterocycles. The molecule has 1 aliphatic carbocycles. The Labute approximate surface area is 154 Å². The zero-order chi connectivity index (χ0) is 18.7. The van der Waals surface area contributed by atoms with Crippen molar-refractivity contribution in [2.75, 3.05) is 26.1 Å². The van der Waals surface area contributed by atoms with Gasteiger partial charge in [-0.3, -0.25) is 4.79 Å². The van der Waals surface area contributed by atoms with Crippen LogP contribution >= 0.6 is 0 Å². The van der Waals surface area contributed by atoms with E-state index in [1.165, 1.54) is 5.57 Å². The van der Waals surface area contributed by atoms with Crippen LogP contribution in [0.25, 0.3) is 0 Å². The Morgan fingerprint density at radius 2 is 2.04 bits per heavy atom. The van der Waals surface area contributed by atoms with E-state index >= 15 is 0 Å². The lowest BCUT2D eigenvalue weighted by molar-refractivity contribution is 0.0942. The van der Waals surface area contributed by atoms with Gasteiger partial charge in [-0.05, 0) is 54.7 Å². The quantitative estimate of drug-likeness (QED) is 0.846. The van der Waals surface area contributed by atoms with Crippen molar-refractivity contribution in [3.05, 3.63) is 58.9 Å². The molecule has 1 aromatic rings. The normalized spacial score (nSPS) is 19.2. The summed E-state index contributed by atoms with van der Waals surface area (Å²) in [5.74, 6) is 1.63. The fourth-order valence-corrected chi connectivity index (χ4v) is 3.42. The van der Waals surface area contributed by atoms with Crippen LogP contribution in [-0.4, -0.2) is 32.7 Å². The van der Waals surface area contributed by atoms with E-state index in [0.29, 0.717) is 18.5 Å². The van der Waals surface area contributed by atoms with Gasteiger partial charge in [0.2, 0.25) is 0 Å². The van der Waals surface area contributed by atoms with Crippen LogP contribution in [0.4, 0.5) is 5.69 Å². The molecule has 2 aliphatic rings. The molecule has 26 heavy (non-hydrogen) atoms. The summed E-state index contributed by atoms with van der Waals surface area (Å²) >= 11 is 0. The minimum atomic E-state index is -0.0831. The Balaban J connectivity index is 1.71. The van der Waals surface area contributed by atoms with Crippen LogP contribution in [-0.2, 0) is 4.74 Å². The molecular formula is C21H26N2O3. The van der Waals surface area contributed by atoms with Crippen molar-refractivity contribution >= 4 is 11.6 Å². The van der Waals surface area contributed by atoms with Crippen molar-refractivity contribution in [3.63, 3.8) is 0 Å². The van der Waals surface area contributed by atoms with Crippen LogP contribution in [0.1, 0.15) is 35.2 Å². The predicted molar refractivity (Wildman–Crippen MR) is 104 cm³/mol. The van der Waals surface area contributed by atoms with Gasteiger partial charge in [0.1, 0.15) is 5.75 Å². The first-order chi connectivity index (χ1) is 12.5. The first kappa shape index (κ1) is 18.1. The lowest BCUT2D eigenvalue weighted by Crippen LogP contribution is -2.37. The number of carbonyl (C=O) groups excluding carboxylic acids is 1. The summed E-state index contributed by atoms with van der Waals surface area (Å²) in [6.45, 7) is 6.87. The zero-order valence-corrected chi connectivity index (χ0v) is 15.6. The van der Waals surface area contributed by atoms with Crippen LogP contribution in [0.3, 0.4) is 0 Å². The van der Waals surface area contributed by atoms with Gasteiger partial charge in [0, 0.05) is 18.7 Å². The number of aryl methyl sites for hydroxylation is 1. The molecule has 5 heteroatoms. The minimum absolute atomic E-state index is 0.0117. The van der Waals surface area contributed by atoms with E-state index in [1.54, 1.807) is 20.3 Å². The van der Waals surface area contributed by atoms with Crippen molar-refractivity contribution in [1.29, 1.82) is 0 Å². The van der Waals surface area contributed by atoms with Crippen LogP contribution in [0, 0.1) is 6.92 Å². The highest BCUT2D eigenvalue weighted by molar-refractivity contribution is 6.01. The molecule has 0 saturated heterocycles. The average Bonchev–Trinajstić information content (AvgIpc) is 2.79. The second-order valence-electron chi connectivity index (χ2n) is 6.76. The average molecular weight is 354 g/mol. The monoisotopic (exact) mass is 354 g/mol. The highest BCUT2D eigenvalue weighted by Crippen LogP contribution is 2.30.